The lowest BCUT2D eigenvalue weighted by Crippen LogP contribution is -2.49. The molecule has 0 aliphatic carbocycles. The van der Waals surface area contributed by atoms with Crippen molar-refractivity contribution in [2.75, 3.05) is 6.61 Å². The van der Waals surface area contributed by atoms with E-state index in [-0.39, 0.29) is 18.4 Å². The summed E-state index contributed by atoms with van der Waals surface area (Å²) in [4.78, 5) is 23.2. The summed E-state index contributed by atoms with van der Waals surface area (Å²) in [5, 5.41) is 2.61. The van der Waals surface area contributed by atoms with Crippen molar-refractivity contribution in [1.82, 2.24) is 5.32 Å². The summed E-state index contributed by atoms with van der Waals surface area (Å²) >= 11 is 0. The highest BCUT2D eigenvalue weighted by molar-refractivity contribution is 5.87. The molecule has 5 heteroatoms. The molecule has 1 rings (SSSR count). The van der Waals surface area contributed by atoms with Gasteiger partial charge in [0, 0.05) is 0 Å². The summed E-state index contributed by atoms with van der Waals surface area (Å²) in [6.07, 6.45) is 0.990. The number of hydrogen-bond acceptors (Lipinski definition) is 3. The van der Waals surface area contributed by atoms with E-state index in [1.165, 1.54) is 0 Å². The zero-order valence-electron chi connectivity index (χ0n) is 13.8. The van der Waals surface area contributed by atoms with E-state index < -0.39 is 11.9 Å². The molecule has 1 aromatic rings. The van der Waals surface area contributed by atoms with Crippen LogP contribution < -0.4 is 15.8 Å². The van der Waals surface area contributed by atoms with Crippen molar-refractivity contribution in [1.29, 1.82) is 0 Å². The molecule has 0 radical (unpaired) electrons. The van der Waals surface area contributed by atoms with Crippen molar-refractivity contribution in [2.24, 2.45) is 11.7 Å². The first-order valence-corrected chi connectivity index (χ1v) is 7.67. The van der Waals surface area contributed by atoms with Gasteiger partial charge in [0.15, 0.2) is 6.61 Å². The summed E-state index contributed by atoms with van der Waals surface area (Å²) in [6.45, 7) is 7.74. The average molecular weight is 306 g/mol. The maximum Gasteiger partial charge on any atom is 0.258 e. The summed E-state index contributed by atoms with van der Waals surface area (Å²) in [7, 11) is 0. The number of nitrogens with two attached hydrogens (primary N) is 1. The number of amides is 2. The second kappa shape index (κ2) is 8.41. The first-order valence-electron chi connectivity index (χ1n) is 7.67. The van der Waals surface area contributed by atoms with Crippen molar-refractivity contribution in [3.05, 3.63) is 29.8 Å². The molecule has 22 heavy (non-hydrogen) atoms. The van der Waals surface area contributed by atoms with Gasteiger partial charge in [0.1, 0.15) is 11.8 Å². The van der Waals surface area contributed by atoms with E-state index in [1.54, 1.807) is 0 Å². The third-order valence-electron chi connectivity index (χ3n) is 3.71. The first-order chi connectivity index (χ1) is 10.4. The fraction of sp³-hybridized carbons (Fsp3) is 0.529. The standard InChI is InChI=1S/C17H26N2O3/c1-5-12(4)13-8-6-7-9-14(13)22-10-15(20)19-16(11(2)3)17(18)21/h6-9,11-12,16H,5,10H2,1-4H3,(H2,18,21)(H,19,20)/t12-,16-/m0/s1. The van der Waals surface area contributed by atoms with Crippen LogP contribution >= 0.6 is 0 Å². The van der Waals surface area contributed by atoms with Gasteiger partial charge in [-0.15, -0.1) is 0 Å². The fourth-order valence-electron chi connectivity index (χ4n) is 2.16. The maximum atomic E-state index is 11.9. The van der Waals surface area contributed by atoms with Crippen molar-refractivity contribution in [2.45, 2.75) is 46.1 Å². The maximum absolute atomic E-state index is 11.9. The molecule has 0 bridgehead atoms. The van der Waals surface area contributed by atoms with Gasteiger partial charge >= 0.3 is 0 Å². The van der Waals surface area contributed by atoms with E-state index in [0.717, 1.165) is 12.0 Å². The van der Waals surface area contributed by atoms with Crippen LogP contribution in [0.5, 0.6) is 5.75 Å². The summed E-state index contributed by atoms with van der Waals surface area (Å²) in [6, 6.07) is 7.00. The molecule has 0 saturated carbocycles. The predicted octanol–water partition coefficient (Wildman–Crippen LogP) is 2.20. The average Bonchev–Trinajstić information content (AvgIpc) is 2.49. The third kappa shape index (κ3) is 5.06. The van der Waals surface area contributed by atoms with E-state index in [4.69, 9.17) is 10.5 Å². The van der Waals surface area contributed by atoms with E-state index in [1.807, 2.05) is 38.1 Å². The Bertz CT molecular complexity index is 514. The fourth-order valence-corrected chi connectivity index (χ4v) is 2.16. The Labute approximate surface area is 132 Å². The van der Waals surface area contributed by atoms with E-state index in [0.29, 0.717) is 11.7 Å². The molecular formula is C17H26N2O3. The molecule has 0 aliphatic rings. The van der Waals surface area contributed by atoms with Gasteiger partial charge in [0.25, 0.3) is 5.91 Å². The van der Waals surface area contributed by atoms with Crippen molar-refractivity contribution >= 4 is 11.8 Å². The van der Waals surface area contributed by atoms with Gasteiger partial charge in [-0.2, -0.15) is 0 Å². The largest absolute Gasteiger partial charge is 0.483 e. The number of carbonyl (C=O) groups is 2. The van der Waals surface area contributed by atoms with Crippen LogP contribution in [0.25, 0.3) is 0 Å². The number of hydrogen-bond donors (Lipinski definition) is 2. The molecule has 2 amide bonds. The Balaban J connectivity index is 2.67. The van der Waals surface area contributed by atoms with E-state index in [2.05, 4.69) is 19.2 Å². The van der Waals surface area contributed by atoms with Crippen LogP contribution in [0.3, 0.4) is 0 Å². The van der Waals surface area contributed by atoms with Gasteiger partial charge in [-0.1, -0.05) is 45.9 Å². The third-order valence-corrected chi connectivity index (χ3v) is 3.71. The quantitative estimate of drug-likeness (QED) is 0.772. The minimum absolute atomic E-state index is 0.0613. The lowest BCUT2D eigenvalue weighted by Gasteiger charge is -2.20. The summed E-state index contributed by atoms with van der Waals surface area (Å²) in [5.41, 5.74) is 6.36. The minimum Gasteiger partial charge on any atom is -0.483 e. The number of rotatable bonds is 8. The summed E-state index contributed by atoms with van der Waals surface area (Å²) < 4.78 is 5.62. The zero-order chi connectivity index (χ0) is 16.7. The monoisotopic (exact) mass is 306 g/mol. The molecule has 3 N–H and O–H groups in total. The Morgan fingerprint density at radius 3 is 2.41 bits per heavy atom. The molecule has 0 aromatic heterocycles. The molecule has 122 valence electrons. The van der Waals surface area contributed by atoms with Crippen LogP contribution in [0.1, 0.15) is 45.6 Å². The number of ether oxygens (including phenoxy) is 1. The highest BCUT2D eigenvalue weighted by Crippen LogP contribution is 2.28. The molecular weight excluding hydrogens is 280 g/mol. The van der Waals surface area contributed by atoms with Crippen LogP contribution in [-0.4, -0.2) is 24.5 Å². The Kier molecular flexibility index (Phi) is 6.89. The second-order valence-corrected chi connectivity index (χ2v) is 5.83. The minimum atomic E-state index is -0.680. The lowest BCUT2D eigenvalue weighted by molar-refractivity contribution is -0.129. The molecule has 0 unspecified atom stereocenters. The molecule has 0 fully saturated rings. The highest BCUT2D eigenvalue weighted by atomic mass is 16.5. The van der Waals surface area contributed by atoms with Crippen LogP contribution in [0, 0.1) is 5.92 Å². The van der Waals surface area contributed by atoms with Crippen LogP contribution in [0.2, 0.25) is 0 Å². The lowest BCUT2D eigenvalue weighted by atomic mass is 9.98. The highest BCUT2D eigenvalue weighted by Gasteiger charge is 2.22. The molecule has 0 aliphatic heterocycles. The molecule has 5 nitrogen and oxygen atoms in total. The Morgan fingerprint density at radius 2 is 1.86 bits per heavy atom. The molecule has 0 heterocycles. The topological polar surface area (TPSA) is 81.4 Å². The Hall–Kier alpha value is -2.04. The van der Waals surface area contributed by atoms with Crippen LogP contribution in [0.4, 0.5) is 0 Å². The van der Waals surface area contributed by atoms with Gasteiger partial charge in [-0.25, -0.2) is 0 Å². The van der Waals surface area contributed by atoms with Gasteiger partial charge in [-0.3, -0.25) is 9.59 Å². The van der Waals surface area contributed by atoms with E-state index in [9.17, 15) is 9.59 Å². The van der Waals surface area contributed by atoms with Gasteiger partial charge < -0.3 is 15.8 Å². The molecule has 1 aromatic carbocycles. The summed E-state index contributed by atoms with van der Waals surface area (Å²) in [5.74, 6) is 0.106. The van der Waals surface area contributed by atoms with Gasteiger partial charge in [0.05, 0.1) is 0 Å². The molecule has 0 spiro atoms. The molecule has 2 atom stereocenters. The first kappa shape index (κ1) is 18.0. The van der Waals surface area contributed by atoms with Gasteiger partial charge in [-0.05, 0) is 29.9 Å². The van der Waals surface area contributed by atoms with Crippen molar-refractivity contribution in [3.63, 3.8) is 0 Å². The Morgan fingerprint density at radius 1 is 1.23 bits per heavy atom. The second-order valence-electron chi connectivity index (χ2n) is 5.83. The SMILES string of the molecule is CC[C@H](C)c1ccccc1OCC(=O)N[C@H](C(N)=O)C(C)C. The number of benzene rings is 1. The van der Waals surface area contributed by atoms with E-state index >= 15 is 0 Å². The zero-order valence-corrected chi connectivity index (χ0v) is 13.8. The van der Waals surface area contributed by atoms with Crippen LogP contribution in [-0.2, 0) is 9.59 Å². The van der Waals surface area contributed by atoms with Crippen molar-refractivity contribution in [3.8, 4) is 5.75 Å². The normalized spacial score (nSPS) is 13.5. The van der Waals surface area contributed by atoms with Gasteiger partial charge in [0.2, 0.25) is 5.91 Å². The molecule has 0 saturated heterocycles. The van der Waals surface area contributed by atoms with Crippen molar-refractivity contribution < 1.29 is 14.3 Å². The number of nitrogens with one attached hydrogen (secondary N) is 1. The number of carbonyl (C=O) groups excluding carboxylic acids is 2. The predicted molar refractivity (Wildman–Crippen MR) is 86.6 cm³/mol. The van der Waals surface area contributed by atoms with Crippen LogP contribution in [0.15, 0.2) is 24.3 Å². The smallest absolute Gasteiger partial charge is 0.258 e. The number of para-hydroxylation sites is 1. The number of primary amides is 1.